The maximum absolute atomic E-state index is 12.2. The number of hydrogen-bond donors (Lipinski definition) is 2. The summed E-state index contributed by atoms with van der Waals surface area (Å²) in [5, 5.41) is 0. The van der Waals surface area contributed by atoms with E-state index in [0.29, 0.717) is 24.3 Å². The molecular weight excluding hydrogens is 260 g/mol. The van der Waals surface area contributed by atoms with Crippen molar-refractivity contribution in [2.45, 2.75) is 32.6 Å². The third-order valence-electron chi connectivity index (χ3n) is 3.43. The van der Waals surface area contributed by atoms with Crippen molar-refractivity contribution in [2.75, 3.05) is 12.3 Å². The molecule has 0 unspecified atom stereocenters. The SMILES string of the molecule is CC(C)C(CNS(=O)(=O)c1ccccc1N)C(C)C. The van der Waals surface area contributed by atoms with Crippen LogP contribution in [-0.4, -0.2) is 15.0 Å². The van der Waals surface area contributed by atoms with Gasteiger partial charge in [0.15, 0.2) is 0 Å². The van der Waals surface area contributed by atoms with Gasteiger partial charge in [0.2, 0.25) is 10.0 Å². The lowest BCUT2D eigenvalue weighted by Crippen LogP contribution is -2.34. The highest BCUT2D eigenvalue weighted by molar-refractivity contribution is 7.89. The van der Waals surface area contributed by atoms with Gasteiger partial charge in [-0.25, -0.2) is 13.1 Å². The van der Waals surface area contributed by atoms with Gasteiger partial charge in [0.1, 0.15) is 4.90 Å². The quantitative estimate of drug-likeness (QED) is 0.788. The fourth-order valence-corrected chi connectivity index (χ4v) is 3.45. The van der Waals surface area contributed by atoms with E-state index in [4.69, 9.17) is 5.73 Å². The van der Waals surface area contributed by atoms with E-state index in [1.165, 1.54) is 6.07 Å². The highest BCUT2D eigenvalue weighted by atomic mass is 32.2. The van der Waals surface area contributed by atoms with Crippen LogP contribution in [0.4, 0.5) is 5.69 Å². The molecule has 0 aliphatic heterocycles. The van der Waals surface area contributed by atoms with Crippen LogP contribution in [0.3, 0.4) is 0 Å². The monoisotopic (exact) mass is 284 g/mol. The Labute approximate surface area is 116 Å². The predicted molar refractivity (Wildman–Crippen MR) is 79.2 cm³/mol. The molecule has 4 nitrogen and oxygen atoms in total. The van der Waals surface area contributed by atoms with E-state index in [2.05, 4.69) is 32.4 Å². The van der Waals surface area contributed by atoms with Crippen LogP contribution in [0, 0.1) is 17.8 Å². The standard InChI is InChI=1S/C14H24N2O2S/c1-10(2)12(11(3)4)9-16-19(17,18)14-8-6-5-7-13(14)15/h5-8,10-12,16H,9,15H2,1-4H3. The zero-order valence-electron chi connectivity index (χ0n) is 12.1. The molecule has 0 bridgehead atoms. The third-order valence-corrected chi connectivity index (χ3v) is 4.93. The number of nitrogen functional groups attached to an aromatic ring is 1. The van der Waals surface area contributed by atoms with E-state index < -0.39 is 10.0 Å². The maximum atomic E-state index is 12.2. The second kappa shape index (κ2) is 6.39. The smallest absolute Gasteiger partial charge is 0.242 e. The normalized spacial score (nSPS) is 12.6. The predicted octanol–water partition coefficient (Wildman–Crippen LogP) is 2.48. The first-order valence-electron chi connectivity index (χ1n) is 6.60. The molecule has 5 heteroatoms. The number of anilines is 1. The van der Waals surface area contributed by atoms with Crippen LogP contribution in [0.2, 0.25) is 0 Å². The van der Waals surface area contributed by atoms with E-state index in [1.807, 2.05) is 0 Å². The van der Waals surface area contributed by atoms with Crippen LogP contribution >= 0.6 is 0 Å². The molecule has 0 spiro atoms. The van der Waals surface area contributed by atoms with Gasteiger partial charge in [0, 0.05) is 6.54 Å². The first-order chi connectivity index (χ1) is 8.75. The van der Waals surface area contributed by atoms with Crippen LogP contribution in [0.25, 0.3) is 0 Å². The second-order valence-corrected chi connectivity index (χ2v) is 7.28. The number of para-hydroxylation sites is 1. The maximum Gasteiger partial charge on any atom is 0.242 e. The van der Waals surface area contributed by atoms with Gasteiger partial charge < -0.3 is 5.73 Å². The minimum atomic E-state index is -3.53. The molecular formula is C14H24N2O2S. The molecule has 0 radical (unpaired) electrons. The Kier molecular flexibility index (Phi) is 5.38. The molecule has 0 aliphatic carbocycles. The number of nitrogens with two attached hydrogens (primary N) is 1. The van der Waals surface area contributed by atoms with Gasteiger partial charge in [0.05, 0.1) is 5.69 Å². The van der Waals surface area contributed by atoms with E-state index >= 15 is 0 Å². The zero-order chi connectivity index (χ0) is 14.6. The molecule has 0 aromatic heterocycles. The van der Waals surface area contributed by atoms with Crippen molar-refractivity contribution >= 4 is 15.7 Å². The number of benzene rings is 1. The molecule has 19 heavy (non-hydrogen) atoms. The van der Waals surface area contributed by atoms with Crippen LogP contribution in [0.5, 0.6) is 0 Å². The van der Waals surface area contributed by atoms with Gasteiger partial charge in [-0.1, -0.05) is 39.8 Å². The molecule has 1 aromatic carbocycles. The van der Waals surface area contributed by atoms with Crippen LogP contribution in [0.1, 0.15) is 27.7 Å². The Morgan fingerprint density at radius 2 is 1.63 bits per heavy atom. The van der Waals surface area contributed by atoms with E-state index in [1.54, 1.807) is 18.2 Å². The first kappa shape index (κ1) is 16.0. The topological polar surface area (TPSA) is 72.2 Å². The van der Waals surface area contributed by atoms with Crippen molar-refractivity contribution in [3.8, 4) is 0 Å². The van der Waals surface area contributed by atoms with Crippen LogP contribution in [-0.2, 0) is 10.0 Å². The molecule has 0 saturated carbocycles. The van der Waals surface area contributed by atoms with Crippen molar-refractivity contribution in [1.29, 1.82) is 0 Å². The van der Waals surface area contributed by atoms with Crippen molar-refractivity contribution in [1.82, 2.24) is 4.72 Å². The van der Waals surface area contributed by atoms with Gasteiger partial charge in [0.25, 0.3) is 0 Å². The first-order valence-corrected chi connectivity index (χ1v) is 8.08. The van der Waals surface area contributed by atoms with E-state index in [0.717, 1.165) is 0 Å². The summed E-state index contributed by atoms with van der Waals surface area (Å²) in [6.07, 6.45) is 0. The Hall–Kier alpha value is -1.07. The van der Waals surface area contributed by atoms with Gasteiger partial charge in [-0.3, -0.25) is 0 Å². The fraction of sp³-hybridized carbons (Fsp3) is 0.571. The molecule has 0 saturated heterocycles. The van der Waals surface area contributed by atoms with Gasteiger partial charge in [-0.15, -0.1) is 0 Å². The summed E-state index contributed by atoms with van der Waals surface area (Å²) >= 11 is 0. The van der Waals surface area contributed by atoms with Crippen molar-refractivity contribution in [3.63, 3.8) is 0 Å². The lowest BCUT2D eigenvalue weighted by atomic mass is 9.86. The zero-order valence-corrected chi connectivity index (χ0v) is 12.9. The number of rotatable bonds is 6. The molecule has 108 valence electrons. The second-order valence-electron chi connectivity index (χ2n) is 5.54. The van der Waals surface area contributed by atoms with Gasteiger partial charge >= 0.3 is 0 Å². The number of nitrogens with one attached hydrogen (secondary N) is 1. The Balaban J connectivity index is 2.84. The summed E-state index contributed by atoms with van der Waals surface area (Å²) in [5.74, 6) is 1.16. The lowest BCUT2D eigenvalue weighted by Gasteiger charge is -2.25. The van der Waals surface area contributed by atoms with Crippen molar-refractivity contribution in [2.24, 2.45) is 17.8 Å². The molecule has 0 aliphatic rings. The largest absolute Gasteiger partial charge is 0.398 e. The Bertz CT molecular complexity index is 502. The summed E-state index contributed by atoms with van der Waals surface area (Å²) in [6, 6.07) is 6.51. The molecule has 0 amide bonds. The third kappa shape index (κ3) is 4.21. The average molecular weight is 284 g/mol. The van der Waals surface area contributed by atoms with E-state index in [9.17, 15) is 8.42 Å². The van der Waals surface area contributed by atoms with Crippen molar-refractivity contribution in [3.05, 3.63) is 24.3 Å². The molecule has 0 fully saturated rings. The molecule has 0 heterocycles. The summed E-state index contributed by atoms with van der Waals surface area (Å²) < 4.78 is 27.1. The molecule has 3 N–H and O–H groups in total. The molecule has 0 atom stereocenters. The van der Waals surface area contributed by atoms with Crippen molar-refractivity contribution < 1.29 is 8.42 Å². The highest BCUT2D eigenvalue weighted by Gasteiger charge is 2.22. The Morgan fingerprint density at radius 3 is 2.11 bits per heavy atom. The van der Waals surface area contributed by atoms with Gasteiger partial charge in [-0.2, -0.15) is 0 Å². The molecule has 1 aromatic rings. The number of sulfonamides is 1. The number of hydrogen-bond acceptors (Lipinski definition) is 3. The Morgan fingerprint density at radius 1 is 1.11 bits per heavy atom. The average Bonchev–Trinajstić information content (AvgIpc) is 2.28. The summed E-state index contributed by atoms with van der Waals surface area (Å²) in [7, 11) is -3.53. The molecule has 1 rings (SSSR count). The van der Waals surface area contributed by atoms with Crippen LogP contribution in [0.15, 0.2) is 29.2 Å². The lowest BCUT2D eigenvalue weighted by molar-refractivity contribution is 0.289. The van der Waals surface area contributed by atoms with Gasteiger partial charge in [-0.05, 0) is 29.9 Å². The highest BCUT2D eigenvalue weighted by Crippen LogP contribution is 2.21. The minimum absolute atomic E-state index is 0.154. The van der Waals surface area contributed by atoms with E-state index in [-0.39, 0.29) is 10.6 Å². The summed E-state index contributed by atoms with van der Waals surface area (Å²) in [4.78, 5) is 0.154. The minimum Gasteiger partial charge on any atom is -0.398 e. The summed E-state index contributed by atoms with van der Waals surface area (Å²) in [5.41, 5.74) is 5.99. The summed E-state index contributed by atoms with van der Waals surface area (Å²) in [6.45, 7) is 8.86. The van der Waals surface area contributed by atoms with Crippen LogP contribution < -0.4 is 10.5 Å². The fourth-order valence-electron chi connectivity index (χ4n) is 2.25.